The molecule has 9 nitrogen and oxygen atoms in total. The fourth-order valence-electron chi connectivity index (χ4n) is 3.97. The SMILES string of the molecule is CCn1nc(C#Cc2cccc(NC(=O)N3OCC[C@H]3c3ccccc3)c2)c2c(N)ncnc21. The Morgan fingerprint density at radius 1 is 1.18 bits per heavy atom. The first-order chi connectivity index (χ1) is 16.6. The quantitative estimate of drug-likeness (QED) is 0.457. The summed E-state index contributed by atoms with van der Waals surface area (Å²) in [4.78, 5) is 26.9. The fourth-order valence-corrected chi connectivity index (χ4v) is 3.97. The summed E-state index contributed by atoms with van der Waals surface area (Å²) in [7, 11) is 0. The Bertz CT molecular complexity index is 1410. The van der Waals surface area contributed by atoms with E-state index in [1.54, 1.807) is 10.7 Å². The maximum absolute atomic E-state index is 12.9. The highest BCUT2D eigenvalue weighted by molar-refractivity contribution is 5.91. The molecule has 0 radical (unpaired) electrons. The van der Waals surface area contributed by atoms with Crippen LogP contribution in [0.4, 0.5) is 16.3 Å². The van der Waals surface area contributed by atoms with E-state index < -0.39 is 0 Å². The highest BCUT2D eigenvalue weighted by atomic mass is 16.7. The second kappa shape index (κ2) is 9.21. The third-order valence-corrected chi connectivity index (χ3v) is 5.59. The van der Waals surface area contributed by atoms with Crippen LogP contribution in [0.25, 0.3) is 11.0 Å². The molecule has 0 aliphatic carbocycles. The van der Waals surface area contributed by atoms with Crippen molar-refractivity contribution in [1.82, 2.24) is 24.8 Å². The Kier molecular flexibility index (Phi) is 5.81. The highest BCUT2D eigenvalue weighted by Crippen LogP contribution is 2.30. The molecule has 9 heteroatoms. The second-order valence-electron chi connectivity index (χ2n) is 7.76. The molecule has 1 fully saturated rings. The first-order valence-electron chi connectivity index (χ1n) is 11.0. The maximum atomic E-state index is 12.9. The molecule has 0 unspecified atom stereocenters. The number of amides is 2. The zero-order valence-electron chi connectivity index (χ0n) is 18.6. The summed E-state index contributed by atoms with van der Waals surface area (Å²) in [5, 5.41) is 9.46. The Morgan fingerprint density at radius 2 is 2.03 bits per heavy atom. The normalized spacial score (nSPS) is 15.2. The van der Waals surface area contributed by atoms with E-state index in [1.807, 2.05) is 55.5 Å². The van der Waals surface area contributed by atoms with E-state index >= 15 is 0 Å². The summed E-state index contributed by atoms with van der Waals surface area (Å²) in [6.45, 7) is 3.10. The number of hydrogen-bond donors (Lipinski definition) is 2. The van der Waals surface area contributed by atoms with Crippen LogP contribution in [0.1, 0.15) is 36.2 Å². The number of carbonyl (C=O) groups excluding carboxylic acids is 1. The number of nitrogens with one attached hydrogen (secondary N) is 1. The highest BCUT2D eigenvalue weighted by Gasteiger charge is 2.31. The molecule has 170 valence electrons. The number of aromatic nitrogens is 4. The van der Waals surface area contributed by atoms with E-state index in [2.05, 4.69) is 32.2 Å². The number of aryl methyl sites for hydroxylation is 1. The van der Waals surface area contributed by atoms with Crippen LogP contribution in [0.3, 0.4) is 0 Å². The van der Waals surface area contributed by atoms with Crippen LogP contribution in [0.15, 0.2) is 60.9 Å². The fraction of sp³-hybridized carbons (Fsp3) is 0.200. The van der Waals surface area contributed by atoms with Gasteiger partial charge in [0.1, 0.15) is 17.8 Å². The number of nitrogens with two attached hydrogens (primary N) is 1. The van der Waals surface area contributed by atoms with E-state index in [-0.39, 0.29) is 12.1 Å². The summed E-state index contributed by atoms with van der Waals surface area (Å²) < 4.78 is 1.74. The van der Waals surface area contributed by atoms with Gasteiger partial charge in [-0.2, -0.15) is 10.2 Å². The van der Waals surface area contributed by atoms with Gasteiger partial charge in [-0.25, -0.2) is 19.4 Å². The average Bonchev–Trinajstić information content (AvgIpc) is 3.49. The zero-order valence-corrected chi connectivity index (χ0v) is 18.6. The van der Waals surface area contributed by atoms with Gasteiger partial charge in [-0.05, 0) is 36.6 Å². The maximum Gasteiger partial charge on any atom is 0.346 e. The van der Waals surface area contributed by atoms with Crippen molar-refractivity contribution in [3.63, 3.8) is 0 Å². The van der Waals surface area contributed by atoms with Crippen molar-refractivity contribution in [3.8, 4) is 11.8 Å². The monoisotopic (exact) mass is 453 g/mol. The largest absolute Gasteiger partial charge is 0.383 e. The lowest BCUT2D eigenvalue weighted by molar-refractivity contribution is -0.0829. The smallest absolute Gasteiger partial charge is 0.346 e. The van der Waals surface area contributed by atoms with Crippen molar-refractivity contribution in [3.05, 3.63) is 77.7 Å². The van der Waals surface area contributed by atoms with Crippen molar-refractivity contribution < 1.29 is 9.63 Å². The molecular formula is C25H23N7O2. The first kappa shape index (κ1) is 21.4. The standard InChI is InChI=1S/C25H23N7O2/c1-2-31-24-22(23(26)27-16-28-24)20(30-31)12-11-17-7-6-10-19(15-17)29-25(33)32-21(13-14-34-32)18-8-4-3-5-9-18/h3-10,15-16,21H,2,13-14H2,1H3,(H,29,33)(H2,26,27,28)/t21-/m0/s1. The van der Waals surface area contributed by atoms with Crippen LogP contribution in [0.5, 0.6) is 0 Å². The summed E-state index contributed by atoms with van der Waals surface area (Å²) in [5.41, 5.74) is 9.59. The number of hydroxylamine groups is 2. The van der Waals surface area contributed by atoms with Gasteiger partial charge in [0, 0.05) is 24.2 Å². The van der Waals surface area contributed by atoms with Crippen molar-refractivity contribution >= 4 is 28.6 Å². The first-order valence-corrected chi connectivity index (χ1v) is 11.0. The molecular weight excluding hydrogens is 430 g/mol. The lowest BCUT2D eigenvalue weighted by atomic mass is 10.1. The van der Waals surface area contributed by atoms with Gasteiger partial charge in [-0.1, -0.05) is 42.3 Å². The van der Waals surface area contributed by atoms with Gasteiger partial charge in [0.15, 0.2) is 5.65 Å². The number of nitrogens with zero attached hydrogens (tertiary/aromatic N) is 5. The van der Waals surface area contributed by atoms with Gasteiger partial charge in [0.25, 0.3) is 0 Å². The molecule has 3 heterocycles. The molecule has 1 atom stereocenters. The molecule has 2 aromatic heterocycles. The topological polar surface area (TPSA) is 111 Å². The van der Waals surface area contributed by atoms with Gasteiger partial charge in [-0.15, -0.1) is 0 Å². The summed E-state index contributed by atoms with van der Waals surface area (Å²) >= 11 is 0. The van der Waals surface area contributed by atoms with Crippen molar-refractivity contribution in [2.24, 2.45) is 0 Å². The van der Waals surface area contributed by atoms with E-state index in [1.165, 1.54) is 11.4 Å². The van der Waals surface area contributed by atoms with Crippen molar-refractivity contribution in [2.75, 3.05) is 17.7 Å². The van der Waals surface area contributed by atoms with Crippen LogP contribution in [-0.2, 0) is 11.4 Å². The minimum absolute atomic E-state index is 0.126. The molecule has 1 aliphatic heterocycles. The Hall–Kier alpha value is -4.42. The third-order valence-electron chi connectivity index (χ3n) is 5.59. The molecule has 0 bridgehead atoms. The van der Waals surface area contributed by atoms with Crippen LogP contribution < -0.4 is 11.1 Å². The number of fused-ring (bicyclic) bond motifs is 1. The Balaban J connectivity index is 1.36. The number of benzene rings is 2. The summed E-state index contributed by atoms with van der Waals surface area (Å²) in [5.74, 6) is 6.52. The molecule has 34 heavy (non-hydrogen) atoms. The zero-order chi connectivity index (χ0) is 23.5. The van der Waals surface area contributed by atoms with E-state index in [9.17, 15) is 4.79 Å². The van der Waals surface area contributed by atoms with Crippen LogP contribution >= 0.6 is 0 Å². The van der Waals surface area contributed by atoms with E-state index in [0.717, 1.165) is 17.5 Å². The van der Waals surface area contributed by atoms with Gasteiger partial charge in [0.2, 0.25) is 0 Å². The number of carbonyl (C=O) groups is 1. The van der Waals surface area contributed by atoms with Gasteiger partial charge in [0.05, 0.1) is 18.0 Å². The number of anilines is 2. The predicted octanol–water partition coefficient (Wildman–Crippen LogP) is 3.74. The molecule has 0 spiro atoms. The Morgan fingerprint density at radius 3 is 2.85 bits per heavy atom. The average molecular weight is 454 g/mol. The van der Waals surface area contributed by atoms with Crippen molar-refractivity contribution in [1.29, 1.82) is 0 Å². The molecule has 2 amide bonds. The minimum Gasteiger partial charge on any atom is -0.383 e. The molecule has 1 aliphatic rings. The second-order valence-corrected chi connectivity index (χ2v) is 7.76. The van der Waals surface area contributed by atoms with Gasteiger partial charge < -0.3 is 11.1 Å². The minimum atomic E-state index is -0.325. The summed E-state index contributed by atoms with van der Waals surface area (Å²) in [6, 6.07) is 16.7. The Labute approximate surface area is 196 Å². The number of urea groups is 1. The number of rotatable bonds is 3. The van der Waals surface area contributed by atoms with Crippen LogP contribution in [0.2, 0.25) is 0 Å². The molecule has 0 saturated carbocycles. The molecule has 4 aromatic rings. The lowest BCUT2D eigenvalue weighted by Gasteiger charge is -2.23. The van der Waals surface area contributed by atoms with E-state index in [4.69, 9.17) is 10.6 Å². The number of nitrogen functional groups attached to an aromatic ring is 1. The van der Waals surface area contributed by atoms with Gasteiger partial charge in [-0.3, -0.25) is 4.84 Å². The van der Waals surface area contributed by atoms with Crippen LogP contribution in [-0.4, -0.2) is 37.4 Å². The summed E-state index contributed by atoms with van der Waals surface area (Å²) in [6.07, 6.45) is 2.16. The molecule has 1 saturated heterocycles. The predicted molar refractivity (Wildman–Crippen MR) is 128 cm³/mol. The van der Waals surface area contributed by atoms with Crippen LogP contribution in [0, 0.1) is 11.8 Å². The molecule has 5 rings (SSSR count). The van der Waals surface area contributed by atoms with Crippen molar-refractivity contribution in [2.45, 2.75) is 25.9 Å². The van der Waals surface area contributed by atoms with E-state index in [0.29, 0.717) is 41.4 Å². The van der Waals surface area contributed by atoms with Gasteiger partial charge >= 0.3 is 6.03 Å². The molecule has 2 aromatic carbocycles. The number of hydrogen-bond acceptors (Lipinski definition) is 6. The third kappa shape index (κ3) is 4.14. The lowest BCUT2D eigenvalue weighted by Crippen LogP contribution is -2.33. The molecule has 3 N–H and O–H groups in total.